The van der Waals surface area contributed by atoms with Crippen molar-refractivity contribution in [1.29, 1.82) is 0 Å². The molecule has 28 heavy (non-hydrogen) atoms. The largest absolute Gasteiger partial charge is 0.388 e. The van der Waals surface area contributed by atoms with Crippen molar-refractivity contribution in [3.05, 3.63) is 70.3 Å². The number of non-ortho nitro benzene ring substituents is 1. The smallest absolute Gasteiger partial charge is 0.270 e. The van der Waals surface area contributed by atoms with Crippen LogP contribution in [0.1, 0.15) is 19.4 Å². The number of nitrogens with one attached hydrogen (secondary N) is 1. The molecule has 0 aliphatic carbocycles. The lowest BCUT2D eigenvalue weighted by molar-refractivity contribution is -0.385. The number of benzene rings is 2. The minimum Gasteiger partial charge on any atom is -0.388 e. The highest BCUT2D eigenvalue weighted by Crippen LogP contribution is 2.21. The summed E-state index contributed by atoms with van der Waals surface area (Å²) in [6.07, 6.45) is 0.877. The van der Waals surface area contributed by atoms with Gasteiger partial charge in [-0.15, -0.1) is 0 Å². The molecule has 2 atom stereocenters. The molecule has 0 aliphatic rings. The Balaban J connectivity index is 1.91. The van der Waals surface area contributed by atoms with Crippen LogP contribution in [0, 0.1) is 16.0 Å². The Bertz CT molecular complexity index is 898. The topological polar surface area (TPSA) is 110 Å². The van der Waals surface area contributed by atoms with Gasteiger partial charge in [0.2, 0.25) is 0 Å². The van der Waals surface area contributed by atoms with Crippen LogP contribution in [0.5, 0.6) is 0 Å². The zero-order valence-electron chi connectivity index (χ0n) is 16.0. The molecule has 0 saturated heterocycles. The lowest BCUT2D eigenvalue weighted by atomic mass is 10.0. The maximum atomic E-state index is 12.6. The van der Waals surface area contributed by atoms with E-state index in [1.54, 1.807) is 0 Å². The summed E-state index contributed by atoms with van der Waals surface area (Å²) >= 11 is 0. The van der Waals surface area contributed by atoms with E-state index in [9.17, 15) is 23.6 Å². The average Bonchev–Trinajstić information content (AvgIpc) is 2.61. The molecule has 0 radical (unpaired) electrons. The Morgan fingerprint density at radius 2 is 1.86 bits per heavy atom. The summed E-state index contributed by atoms with van der Waals surface area (Å²) < 4.78 is 25.1. The molecule has 2 N–H and O–H groups in total. The van der Waals surface area contributed by atoms with Crippen molar-refractivity contribution >= 4 is 15.5 Å². The zero-order valence-corrected chi connectivity index (χ0v) is 16.9. The molecule has 2 aromatic carbocycles. The van der Waals surface area contributed by atoms with Crippen LogP contribution in [0.3, 0.4) is 0 Å². The van der Waals surface area contributed by atoms with Gasteiger partial charge in [-0.25, -0.2) is 8.42 Å². The van der Waals surface area contributed by atoms with Gasteiger partial charge < -0.3 is 10.4 Å². The Kier molecular flexibility index (Phi) is 7.29. The molecule has 1 unspecified atom stereocenters. The predicted octanol–water partition coefficient (Wildman–Crippen LogP) is 2.59. The first-order chi connectivity index (χ1) is 13.1. The van der Waals surface area contributed by atoms with E-state index in [2.05, 4.69) is 24.4 Å². The highest BCUT2D eigenvalue weighted by Gasteiger charge is 2.30. The van der Waals surface area contributed by atoms with Crippen LogP contribution in [0.2, 0.25) is 0 Å². The maximum absolute atomic E-state index is 12.6. The van der Waals surface area contributed by atoms with Crippen molar-refractivity contribution in [1.82, 2.24) is 5.32 Å². The molecule has 0 spiro atoms. The summed E-state index contributed by atoms with van der Waals surface area (Å²) in [4.78, 5) is 10.0. The molecule has 0 saturated carbocycles. The summed E-state index contributed by atoms with van der Waals surface area (Å²) in [6.45, 7) is 4.24. The molecule has 0 aromatic heterocycles. The Labute approximate surface area is 165 Å². The maximum Gasteiger partial charge on any atom is 0.270 e. The quantitative estimate of drug-likeness (QED) is 0.464. The van der Waals surface area contributed by atoms with Gasteiger partial charge in [-0.3, -0.25) is 10.1 Å². The third kappa shape index (κ3) is 6.70. The Hall–Kier alpha value is -2.29. The van der Waals surface area contributed by atoms with Crippen LogP contribution in [0.4, 0.5) is 5.69 Å². The van der Waals surface area contributed by atoms with Gasteiger partial charge in [-0.1, -0.05) is 43.3 Å². The van der Waals surface area contributed by atoms with E-state index in [1.165, 1.54) is 30.7 Å². The minimum absolute atomic E-state index is 0.0975. The fraction of sp³-hybridized carbons (Fsp3) is 0.400. The highest BCUT2D eigenvalue weighted by molar-refractivity contribution is 7.91. The van der Waals surface area contributed by atoms with E-state index < -0.39 is 26.1 Å². The first-order valence-corrected chi connectivity index (χ1v) is 10.7. The number of sulfone groups is 1. The van der Waals surface area contributed by atoms with Gasteiger partial charge in [-0.05, 0) is 37.4 Å². The van der Waals surface area contributed by atoms with Crippen LogP contribution in [-0.4, -0.2) is 42.9 Å². The van der Waals surface area contributed by atoms with Gasteiger partial charge >= 0.3 is 0 Å². The van der Waals surface area contributed by atoms with Crippen molar-refractivity contribution in [3.8, 4) is 0 Å². The van der Waals surface area contributed by atoms with E-state index in [-0.39, 0.29) is 17.1 Å². The first-order valence-electron chi connectivity index (χ1n) is 9.03. The number of nitrogens with zero attached hydrogens (tertiary/aromatic N) is 1. The van der Waals surface area contributed by atoms with Gasteiger partial charge in [-0.2, -0.15) is 0 Å². The highest BCUT2D eigenvalue weighted by atomic mass is 32.2. The molecule has 0 fully saturated rings. The first kappa shape index (κ1) is 22.0. The monoisotopic (exact) mass is 406 g/mol. The van der Waals surface area contributed by atoms with E-state index in [0.29, 0.717) is 12.5 Å². The SMILES string of the molecule is C[C@@H](CNCC(C)(O)CS(=O)(=O)c1cccc([N+](=O)[O-])c1)Cc1ccccc1. The second-order valence-electron chi connectivity index (χ2n) is 7.44. The third-order valence-corrected chi connectivity index (χ3v) is 6.29. The average molecular weight is 407 g/mol. The van der Waals surface area contributed by atoms with E-state index in [4.69, 9.17) is 0 Å². The summed E-state index contributed by atoms with van der Waals surface area (Å²) in [5.41, 5.74) is -0.582. The van der Waals surface area contributed by atoms with Crippen molar-refractivity contribution in [2.24, 2.45) is 5.92 Å². The lowest BCUT2D eigenvalue weighted by Gasteiger charge is -2.24. The molecular formula is C20H26N2O5S. The summed E-state index contributed by atoms with van der Waals surface area (Å²) in [5, 5.41) is 24.5. The molecule has 0 heterocycles. The summed E-state index contributed by atoms with van der Waals surface area (Å²) in [6, 6.07) is 14.9. The standard InChI is InChI=1S/C20H26N2O5S/c1-16(11-17-7-4-3-5-8-17)13-21-14-20(2,23)15-28(26,27)19-10-6-9-18(12-19)22(24)25/h3-10,12,16,21,23H,11,13-15H2,1-2H3/t16-,20?/m1/s1. The molecule has 0 bridgehead atoms. The predicted molar refractivity (Wildman–Crippen MR) is 108 cm³/mol. The van der Waals surface area contributed by atoms with Gasteiger partial charge in [0.15, 0.2) is 9.84 Å². The molecular weight excluding hydrogens is 380 g/mol. The van der Waals surface area contributed by atoms with E-state index in [0.717, 1.165) is 12.5 Å². The van der Waals surface area contributed by atoms with Crippen molar-refractivity contribution in [2.75, 3.05) is 18.8 Å². The minimum atomic E-state index is -3.87. The summed E-state index contributed by atoms with van der Waals surface area (Å²) in [7, 11) is -3.87. The number of hydrogen-bond donors (Lipinski definition) is 2. The van der Waals surface area contributed by atoms with E-state index in [1.807, 2.05) is 18.2 Å². The number of nitro benzene ring substituents is 1. The van der Waals surface area contributed by atoms with Gasteiger partial charge in [0.1, 0.15) is 0 Å². The molecule has 2 aromatic rings. The van der Waals surface area contributed by atoms with Crippen LogP contribution in [0.15, 0.2) is 59.5 Å². The number of nitro groups is 1. The van der Waals surface area contributed by atoms with Gasteiger partial charge in [0.25, 0.3) is 5.69 Å². The molecule has 2 rings (SSSR count). The fourth-order valence-electron chi connectivity index (χ4n) is 3.01. The van der Waals surface area contributed by atoms with Crippen molar-refractivity contribution in [3.63, 3.8) is 0 Å². The van der Waals surface area contributed by atoms with Gasteiger partial charge in [0, 0.05) is 18.7 Å². The fourth-order valence-corrected chi connectivity index (χ4v) is 4.68. The Morgan fingerprint density at radius 3 is 2.50 bits per heavy atom. The van der Waals surface area contributed by atoms with Crippen LogP contribution >= 0.6 is 0 Å². The zero-order chi connectivity index (χ0) is 20.8. The van der Waals surface area contributed by atoms with Crippen molar-refractivity contribution in [2.45, 2.75) is 30.8 Å². The lowest BCUT2D eigenvalue weighted by Crippen LogP contribution is -2.44. The Morgan fingerprint density at radius 1 is 1.18 bits per heavy atom. The summed E-state index contributed by atoms with van der Waals surface area (Å²) in [5.74, 6) is -0.215. The second kappa shape index (κ2) is 9.27. The number of aliphatic hydroxyl groups is 1. The molecule has 7 nitrogen and oxygen atoms in total. The van der Waals surface area contributed by atoms with Crippen LogP contribution in [0.25, 0.3) is 0 Å². The van der Waals surface area contributed by atoms with Gasteiger partial charge in [0.05, 0.1) is 21.2 Å². The normalized spacial score (nSPS) is 15.0. The van der Waals surface area contributed by atoms with Crippen LogP contribution < -0.4 is 5.32 Å². The van der Waals surface area contributed by atoms with Crippen LogP contribution in [-0.2, 0) is 16.3 Å². The van der Waals surface area contributed by atoms with Crippen molar-refractivity contribution < 1.29 is 18.4 Å². The second-order valence-corrected chi connectivity index (χ2v) is 9.43. The molecule has 152 valence electrons. The van der Waals surface area contributed by atoms with E-state index >= 15 is 0 Å². The molecule has 0 aliphatic heterocycles. The number of hydrogen-bond acceptors (Lipinski definition) is 6. The molecule has 0 amide bonds. The third-order valence-electron chi connectivity index (χ3n) is 4.31. The number of rotatable bonds is 10. The molecule has 8 heteroatoms.